The van der Waals surface area contributed by atoms with Gasteiger partial charge in [0.15, 0.2) is 0 Å². The number of nitrogens with one attached hydrogen (secondary N) is 1. The van der Waals surface area contributed by atoms with Gasteiger partial charge in [-0.05, 0) is 62.6 Å². The Morgan fingerprint density at radius 2 is 1.88 bits per heavy atom. The normalized spacial score (nSPS) is 13.2. The first-order valence-electron chi connectivity index (χ1n) is 10.9. The van der Waals surface area contributed by atoms with Crippen molar-refractivity contribution >= 4 is 28.8 Å². The zero-order valence-electron chi connectivity index (χ0n) is 18.4. The Bertz CT molecular complexity index is 1100. The van der Waals surface area contributed by atoms with Crippen LogP contribution >= 0.6 is 11.3 Å². The Hall–Kier alpha value is -3.19. The highest BCUT2D eigenvalue weighted by Crippen LogP contribution is 2.27. The molecule has 1 N–H and O–H groups in total. The number of likely N-dealkylation sites (tertiary alicyclic amines) is 1. The molecular formula is C25H27N3O3S. The summed E-state index contributed by atoms with van der Waals surface area (Å²) in [6, 6.07) is 13.3. The van der Waals surface area contributed by atoms with Gasteiger partial charge in [0, 0.05) is 24.0 Å². The van der Waals surface area contributed by atoms with Crippen LogP contribution < -0.4 is 10.1 Å². The van der Waals surface area contributed by atoms with Gasteiger partial charge in [0.1, 0.15) is 10.8 Å². The number of anilines is 1. The van der Waals surface area contributed by atoms with Crippen LogP contribution in [0.1, 0.15) is 41.4 Å². The van der Waals surface area contributed by atoms with E-state index in [0.717, 1.165) is 47.8 Å². The number of carbonyl (C=O) groups is 2. The lowest BCUT2D eigenvalue weighted by Gasteiger charge is -2.19. The number of hydrogen-bond donors (Lipinski definition) is 1. The second-order valence-corrected chi connectivity index (χ2v) is 8.68. The third-order valence-corrected chi connectivity index (χ3v) is 6.41. The Morgan fingerprint density at radius 3 is 2.59 bits per heavy atom. The third-order valence-electron chi connectivity index (χ3n) is 5.47. The fraction of sp³-hybridized carbons (Fsp3) is 0.320. The van der Waals surface area contributed by atoms with Crippen LogP contribution in [0, 0.1) is 6.92 Å². The van der Waals surface area contributed by atoms with Crippen molar-refractivity contribution in [1.82, 2.24) is 9.88 Å². The number of benzene rings is 2. The first-order valence-corrected chi connectivity index (χ1v) is 11.8. The molecule has 2 aromatic carbocycles. The summed E-state index contributed by atoms with van der Waals surface area (Å²) in [6.45, 7) is 6.03. The number of rotatable bonds is 7. The SMILES string of the molecule is CCOc1ccc(-c2nc(CC(=O)Nc3c(C)cccc3C(=O)N3CCCC3)cs2)cc1. The molecule has 0 unspecified atom stereocenters. The standard InChI is InChI=1S/C25H27N3O3S/c1-3-31-20-11-9-18(10-12-20)24-26-19(16-32-24)15-22(29)27-23-17(2)7-6-8-21(23)25(30)28-13-4-5-14-28/h6-12,16H,3-5,13-15H2,1-2H3,(H,27,29). The average molecular weight is 450 g/mol. The van der Waals surface area contributed by atoms with Gasteiger partial charge in [-0.3, -0.25) is 9.59 Å². The largest absolute Gasteiger partial charge is 0.494 e. The maximum absolute atomic E-state index is 12.9. The molecule has 1 aromatic heterocycles. The van der Waals surface area contributed by atoms with Gasteiger partial charge in [-0.25, -0.2) is 4.98 Å². The Labute approximate surface area is 192 Å². The van der Waals surface area contributed by atoms with Crippen LogP contribution in [-0.4, -0.2) is 41.4 Å². The summed E-state index contributed by atoms with van der Waals surface area (Å²) >= 11 is 1.51. The maximum Gasteiger partial charge on any atom is 0.255 e. The van der Waals surface area contributed by atoms with E-state index >= 15 is 0 Å². The van der Waals surface area contributed by atoms with E-state index in [0.29, 0.717) is 23.6 Å². The van der Waals surface area contributed by atoms with Crippen molar-refractivity contribution in [3.05, 3.63) is 64.7 Å². The lowest BCUT2D eigenvalue weighted by molar-refractivity contribution is -0.115. The van der Waals surface area contributed by atoms with E-state index in [2.05, 4.69) is 10.3 Å². The molecule has 0 radical (unpaired) electrons. The molecule has 4 rings (SSSR count). The van der Waals surface area contributed by atoms with Gasteiger partial charge in [0.2, 0.25) is 5.91 Å². The number of thiazole rings is 1. The molecule has 1 aliphatic rings. The molecule has 7 heteroatoms. The molecule has 0 bridgehead atoms. The van der Waals surface area contributed by atoms with Gasteiger partial charge in [-0.15, -0.1) is 11.3 Å². The molecule has 0 saturated carbocycles. The summed E-state index contributed by atoms with van der Waals surface area (Å²) in [6.07, 6.45) is 2.21. The van der Waals surface area contributed by atoms with Gasteiger partial charge in [-0.2, -0.15) is 0 Å². The second kappa shape index (κ2) is 9.96. The van der Waals surface area contributed by atoms with Crippen molar-refractivity contribution in [3.8, 4) is 16.3 Å². The van der Waals surface area contributed by atoms with E-state index in [1.807, 2.05) is 60.5 Å². The molecule has 0 atom stereocenters. The van der Waals surface area contributed by atoms with E-state index in [-0.39, 0.29) is 18.2 Å². The van der Waals surface area contributed by atoms with Crippen molar-refractivity contribution < 1.29 is 14.3 Å². The van der Waals surface area contributed by atoms with E-state index in [1.54, 1.807) is 6.07 Å². The van der Waals surface area contributed by atoms with Crippen molar-refractivity contribution in [2.75, 3.05) is 25.0 Å². The number of carbonyl (C=O) groups excluding carboxylic acids is 2. The van der Waals surface area contributed by atoms with Gasteiger partial charge in [0.25, 0.3) is 5.91 Å². The lowest BCUT2D eigenvalue weighted by Crippen LogP contribution is -2.29. The minimum atomic E-state index is -0.182. The first kappa shape index (κ1) is 22.0. The van der Waals surface area contributed by atoms with E-state index in [9.17, 15) is 9.59 Å². The minimum Gasteiger partial charge on any atom is -0.494 e. The summed E-state index contributed by atoms with van der Waals surface area (Å²) in [5, 5.41) is 5.72. The Balaban J connectivity index is 1.45. The molecule has 6 nitrogen and oxygen atoms in total. The molecule has 1 saturated heterocycles. The molecule has 32 heavy (non-hydrogen) atoms. The smallest absolute Gasteiger partial charge is 0.255 e. The summed E-state index contributed by atoms with van der Waals surface area (Å²) < 4.78 is 5.48. The first-order chi connectivity index (χ1) is 15.5. The van der Waals surface area contributed by atoms with Gasteiger partial charge in [0.05, 0.1) is 30.0 Å². The highest BCUT2D eigenvalue weighted by atomic mass is 32.1. The Morgan fingerprint density at radius 1 is 1.12 bits per heavy atom. The van der Waals surface area contributed by atoms with Gasteiger partial charge in [-0.1, -0.05) is 12.1 Å². The third kappa shape index (κ3) is 4.99. The van der Waals surface area contributed by atoms with Crippen LogP contribution in [0.3, 0.4) is 0 Å². The van der Waals surface area contributed by atoms with Gasteiger partial charge < -0.3 is 15.0 Å². The van der Waals surface area contributed by atoms with E-state index < -0.39 is 0 Å². The quantitative estimate of drug-likeness (QED) is 0.555. The summed E-state index contributed by atoms with van der Waals surface area (Å²) in [7, 11) is 0. The molecule has 2 heterocycles. The van der Waals surface area contributed by atoms with Crippen LogP contribution in [0.15, 0.2) is 47.8 Å². The fourth-order valence-corrected chi connectivity index (χ4v) is 4.66. The van der Waals surface area contributed by atoms with Crippen molar-refractivity contribution in [2.45, 2.75) is 33.1 Å². The number of aryl methyl sites for hydroxylation is 1. The second-order valence-electron chi connectivity index (χ2n) is 7.82. The monoisotopic (exact) mass is 449 g/mol. The minimum absolute atomic E-state index is 0.0204. The van der Waals surface area contributed by atoms with Crippen molar-refractivity contribution in [3.63, 3.8) is 0 Å². The van der Waals surface area contributed by atoms with Crippen LogP contribution in [0.5, 0.6) is 5.75 Å². The molecule has 1 fully saturated rings. The van der Waals surface area contributed by atoms with Crippen LogP contribution in [0.2, 0.25) is 0 Å². The highest BCUT2D eigenvalue weighted by Gasteiger charge is 2.23. The van der Waals surface area contributed by atoms with Crippen molar-refractivity contribution in [2.24, 2.45) is 0 Å². The summed E-state index contributed by atoms with van der Waals surface area (Å²) in [4.78, 5) is 32.2. The molecule has 1 aliphatic heterocycles. The van der Waals surface area contributed by atoms with Crippen LogP contribution in [0.4, 0.5) is 5.69 Å². The van der Waals surface area contributed by atoms with E-state index in [1.165, 1.54) is 11.3 Å². The number of hydrogen-bond acceptors (Lipinski definition) is 5. The zero-order valence-corrected chi connectivity index (χ0v) is 19.2. The molecular weight excluding hydrogens is 422 g/mol. The number of nitrogens with zero attached hydrogens (tertiary/aromatic N) is 2. The number of aromatic nitrogens is 1. The van der Waals surface area contributed by atoms with Gasteiger partial charge >= 0.3 is 0 Å². The molecule has 3 aromatic rings. The molecule has 166 valence electrons. The number of ether oxygens (including phenoxy) is 1. The predicted octanol–water partition coefficient (Wildman–Crippen LogP) is 4.93. The van der Waals surface area contributed by atoms with Crippen LogP contribution in [0.25, 0.3) is 10.6 Å². The topological polar surface area (TPSA) is 71.5 Å². The fourth-order valence-electron chi connectivity index (χ4n) is 3.83. The summed E-state index contributed by atoms with van der Waals surface area (Å²) in [5.74, 6) is 0.621. The Kier molecular flexibility index (Phi) is 6.85. The van der Waals surface area contributed by atoms with E-state index in [4.69, 9.17) is 4.74 Å². The molecule has 0 aliphatic carbocycles. The predicted molar refractivity (Wildman–Crippen MR) is 127 cm³/mol. The average Bonchev–Trinajstić information content (AvgIpc) is 3.48. The lowest BCUT2D eigenvalue weighted by atomic mass is 10.1. The molecule has 0 spiro atoms. The van der Waals surface area contributed by atoms with Crippen LogP contribution in [-0.2, 0) is 11.2 Å². The number of amides is 2. The highest BCUT2D eigenvalue weighted by molar-refractivity contribution is 7.13. The zero-order chi connectivity index (χ0) is 22.5. The number of para-hydroxylation sites is 1. The van der Waals surface area contributed by atoms with Crippen molar-refractivity contribution in [1.29, 1.82) is 0 Å². The maximum atomic E-state index is 12.9. The molecule has 2 amide bonds. The summed E-state index contributed by atoms with van der Waals surface area (Å²) in [5.41, 5.74) is 3.71.